The highest BCUT2D eigenvalue weighted by Gasteiger charge is 2.35. The number of para-hydroxylation sites is 1. The number of hydrogen-bond acceptors (Lipinski definition) is 5. The fourth-order valence-corrected chi connectivity index (χ4v) is 5.16. The molecule has 0 spiro atoms. The van der Waals surface area contributed by atoms with Crippen LogP contribution in [0, 0.1) is 30.9 Å². The lowest BCUT2D eigenvalue weighted by atomic mass is 10.1. The number of nitrogens with zero attached hydrogens (tertiary/aromatic N) is 3. The Labute approximate surface area is 202 Å². The maximum Gasteiger partial charge on any atom is 0.293 e. The van der Waals surface area contributed by atoms with Crippen molar-refractivity contribution in [1.29, 1.82) is 0 Å². The van der Waals surface area contributed by atoms with Gasteiger partial charge in [0.15, 0.2) is 0 Å². The van der Waals surface area contributed by atoms with Crippen LogP contribution in [0.5, 0.6) is 0 Å². The molecular weight excluding hydrogens is 450 g/mol. The molecule has 1 fully saturated rings. The molecule has 1 aliphatic rings. The Morgan fingerprint density at radius 1 is 1.06 bits per heavy atom. The molecule has 1 aliphatic heterocycles. The van der Waals surface area contributed by atoms with Gasteiger partial charge in [-0.05, 0) is 73.4 Å². The first-order chi connectivity index (χ1) is 16.2. The van der Waals surface area contributed by atoms with Gasteiger partial charge in [0.2, 0.25) is 0 Å². The van der Waals surface area contributed by atoms with Crippen molar-refractivity contribution in [3.05, 3.63) is 97.2 Å². The standard InChI is InChI=1S/C26H25N3O4S/c1-5-20-10-6-8-16(2)24(20)28-17(3)12-21(18(28)4)14-23-25(30)27(26(31)34-23)15-19-9-7-11-22(13-19)29(32)33/h6-14H,5,15H2,1-4H3/b23-14-. The van der Waals surface area contributed by atoms with Crippen molar-refractivity contribution in [1.82, 2.24) is 9.47 Å². The zero-order valence-electron chi connectivity index (χ0n) is 19.5. The maximum absolute atomic E-state index is 13.0. The van der Waals surface area contributed by atoms with Crippen LogP contribution in [0.4, 0.5) is 10.5 Å². The fraction of sp³-hybridized carbons (Fsp3) is 0.231. The average Bonchev–Trinajstić information content (AvgIpc) is 3.23. The molecule has 0 bridgehead atoms. The number of nitro groups is 1. The van der Waals surface area contributed by atoms with Crippen LogP contribution >= 0.6 is 11.8 Å². The minimum atomic E-state index is -0.495. The monoisotopic (exact) mass is 475 g/mol. The van der Waals surface area contributed by atoms with E-state index in [1.807, 2.05) is 19.9 Å². The summed E-state index contributed by atoms with van der Waals surface area (Å²) in [5.74, 6) is -0.392. The molecule has 2 heterocycles. The highest BCUT2D eigenvalue weighted by Crippen LogP contribution is 2.35. The van der Waals surface area contributed by atoms with Crippen LogP contribution in [-0.4, -0.2) is 25.5 Å². The molecule has 4 rings (SSSR count). The number of imide groups is 1. The van der Waals surface area contributed by atoms with E-state index >= 15 is 0 Å². The third kappa shape index (κ3) is 4.28. The Hall–Kier alpha value is -3.65. The lowest BCUT2D eigenvalue weighted by molar-refractivity contribution is -0.384. The van der Waals surface area contributed by atoms with Crippen LogP contribution in [0.15, 0.2) is 53.4 Å². The molecule has 2 amide bonds. The molecular formula is C26H25N3O4S. The normalized spacial score (nSPS) is 14.9. The van der Waals surface area contributed by atoms with Crippen molar-refractivity contribution in [3.8, 4) is 5.69 Å². The summed E-state index contributed by atoms with van der Waals surface area (Å²) in [6, 6.07) is 14.3. The van der Waals surface area contributed by atoms with Gasteiger partial charge in [-0.25, -0.2) is 0 Å². The number of thioether (sulfide) groups is 1. The zero-order chi connectivity index (χ0) is 24.6. The van der Waals surface area contributed by atoms with Gasteiger partial charge in [0.05, 0.1) is 22.1 Å². The molecule has 174 valence electrons. The molecule has 2 aromatic carbocycles. The first-order valence-corrected chi connectivity index (χ1v) is 11.8. The van der Waals surface area contributed by atoms with Crippen LogP contribution < -0.4 is 0 Å². The molecule has 0 unspecified atom stereocenters. The molecule has 1 aromatic heterocycles. The van der Waals surface area contributed by atoms with Gasteiger partial charge in [0.25, 0.3) is 16.8 Å². The van der Waals surface area contributed by atoms with Crippen molar-refractivity contribution in [2.45, 2.75) is 40.7 Å². The predicted octanol–water partition coefficient (Wildman–Crippen LogP) is 6.11. The SMILES string of the molecule is CCc1cccc(C)c1-n1c(C)cc(/C=C2\SC(=O)N(Cc3cccc([N+](=O)[O-])c3)C2=O)c1C. The van der Waals surface area contributed by atoms with Gasteiger partial charge >= 0.3 is 0 Å². The van der Waals surface area contributed by atoms with E-state index in [9.17, 15) is 19.7 Å². The van der Waals surface area contributed by atoms with Gasteiger partial charge in [-0.3, -0.25) is 24.6 Å². The summed E-state index contributed by atoms with van der Waals surface area (Å²) in [5, 5.41) is 10.7. The first kappa shape index (κ1) is 23.5. The number of rotatable bonds is 6. The Balaban J connectivity index is 1.66. The second-order valence-corrected chi connectivity index (χ2v) is 9.29. The summed E-state index contributed by atoms with van der Waals surface area (Å²) in [7, 11) is 0. The molecule has 0 aliphatic carbocycles. The summed E-state index contributed by atoms with van der Waals surface area (Å²) in [5.41, 5.74) is 6.94. The summed E-state index contributed by atoms with van der Waals surface area (Å²) in [6.07, 6.45) is 2.67. The minimum Gasteiger partial charge on any atom is -0.317 e. The van der Waals surface area contributed by atoms with E-state index in [1.165, 1.54) is 23.3 Å². The van der Waals surface area contributed by atoms with Crippen molar-refractivity contribution in [2.24, 2.45) is 0 Å². The zero-order valence-corrected chi connectivity index (χ0v) is 20.3. The third-order valence-corrected chi connectivity index (χ3v) is 6.93. The number of nitro benzene ring substituents is 1. The lowest BCUT2D eigenvalue weighted by Crippen LogP contribution is -2.27. The second kappa shape index (κ2) is 9.30. The van der Waals surface area contributed by atoms with Gasteiger partial charge in [-0.1, -0.05) is 37.3 Å². The quantitative estimate of drug-likeness (QED) is 0.244. The maximum atomic E-state index is 13.0. The number of amides is 2. The third-order valence-electron chi connectivity index (χ3n) is 6.02. The molecule has 3 aromatic rings. The summed E-state index contributed by atoms with van der Waals surface area (Å²) in [6.45, 7) is 8.26. The highest BCUT2D eigenvalue weighted by atomic mass is 32.2. The number of non-ortho nitro benzene ring substituents is 1. The van der Waals surface area contributed by atoms with Gasteiger partial charge in [-0.15, -0.1) is 0 Å². The molecule has 7 nitrogen and oxygen atoms in total. The van der Waals surface area contributed by atoms with Gasteiger partial charge in [0, 0.05) is 23.5 Å². The van der Waals surface area contributed by atoms with E-state index in [4.69, 9.17) is 0 Å². The van der Waals surface area contributed by atoms with Crippen LogP contribution in [0.1, 0.15) is 40.6 Å². The van der Waals surface area contributed by atoms with E-state index in [-0.39, 0.29) is 17.5 Å². The topological polar surface area (TPSA) is 85.4 Å². The van der Waals surface area contributed by atoms with Crippen LogP contribution in [0.25, 0.3) is 11.8 Å². The number of carbonyl (C=O) groups excluding carboxylic acids is 2. The Kier molecular flexibility index (Phi) is 6.43. The first-order valence-electron chi connectivity index (χ1n) is 11.0. The molecule has 0 atom stereocenters. The fourth-order valence-electron chi connectivity index (χ4n) is 4.33. The summed E-state index contributed by atoms with van der Waals surface area (Å²) >= 11 is 0.892. The van der Waals surface area contributed by atoms with Crippen molar-refractivity contribution in [2.75, 3.05) is 0 Å². The molecule has 34 heavy (non-hydrogen) atoms. The molecule has 0 N–H and O–H groups in total. The van der Waals surface area contributed by atoms with Crippen LogP contribution in [-0.2, 0) is 17.8 Å². The lowest BCUT2D eigenvalue weighted by Gasteiger charge is -2.17. The summed E-state index contributed by atoms with van der Waals surface area (Å²) < 4.78 is 2.20. The number of aryl methyl sites for hydroxylation is 3. The molecule has 0 saturated carbocycles. The van der Waals surface area contributed by atoms with E-state index < -0.39 is 10.8 Å². The Morgan fingerprint density at radius 2 is 1.79 bits per heavy atom. The van der Waals surface area contributed by atoms with E-state index in [2.05, 4.69) is 36.6 Å². The minimum absolute atomic E-state index is 0.00816. The number of hydrogen-bond donors (Lipinski definition) is 0. The predicted molar refractivity (Wildman–Crippen MR) is 134 cm³/mol. The van der Waals surface area contributed by atoms with Crippen LogP contribution in [0.2, 0.25) is 0 Å². The van der Waals surface area contributed by atoms with Gasteiger partial charge in [0.1, 0.15) is 0 Å². The highest BCUT2D eigenvalue weighted by molar-refractivity contribution is 8.18. The van der Waals surface area contributed by atoms with Crippen molar-refractivity contribution in [3.63, 3.8) is 0 Å². The van der Waals surface area contributed by atoms with Crippen molar-refractivity contribution < 1.29 is 14.5 Å². The number of benzene rings is 2. The van der Waals surface area contributed by atoms with E-state index in [0.717, 1.165) is 45.7 Å². The van der Waals surface area contributed by atoms with Gasteiger partial charge in [-0.2, -0.15) is 0 Å². The molecule has 0 radical (unpaired) electrons. The largest absolute Gasteiger partial charge is 0.317 e. The summed E-state index contributed by atoms with van der Waals surface area (Å²) in [4.78, 5) is 37.7. The Bertz CT molecular complexity index is 1360. The van der Waals surface area contributed by atoms with Crippen molar-refractivity contribution >= 4 is 34.7 Å². The molecule has 1 saturated heterocycles. The van der Waals surface area contributed by atoms with E-state index in [1.54, 1.807) is 18.2 Å². The number of aromatic nitrogens is 1. The Morgan fingerprint density at radius 3 is 2.50 bits per heavy atom. The average molecular weight is 476 g/mol. The smallest absolute Gasteiger partial charge is 0.293 e. The second-order valence-electron chi connectivity index (χ2n) is 8.29. The van der Waals surface area contributed by atoms with Gasteiger partial charge < -0.3 is 4.57 Å². The van der Waals surface area contributed by atoms with Crippen LogP contribution in [0.3, 0.4) is 0 Å². The molecule has 8 heteroatoms. The number of carbonyl (C=O) groups is 2. The van der Waals surface area contributed by atoms with E-state index in [0.29, 0.717) is 10.5 Å².